The van der Waals surface area contributed by atoms with Gasteiger partial charge in [-0.2, -0.15) is 0 Å². The minimum atomic E-state index is -3.54. The molecule has 4 N–H and O–H groups in total. The second-order valence-electron chi connectivity index (χ2n) is 10.7. The van der Waals surface area contributed by atoms with Gasteiger partial charge in [-0.05, 0) is 49.5 Å². The second kappa shape index (κ2) is 12.8. The van der Waals surface area contributed by atoms with Gasteiger partial charge in [0.25, 0.3) is 0 Å². The SMILES string of the molecule is CC(=O)ON=C(N)c1cccc(N2CC(C(N)S(C)(=O)=O)CN(CC3CCN(Cc4ccccc4)CC3)C2=O)c1. The molecule has 40 heavy (non-hydrogen) atoms. The van der Waals surface area contributed by atoms with Gasteiger partial charge >= 0.3 is 12.0 Å². The maximum Gasteiger partial charge on any atom is 0.332 e. The number of carbonyl (C=O) groups excluding carboxylic acids is 2. The molecule has 2 fully saturated rings. The maximum atomic E-state index is 13.7. The molecule has 2 unspecified atom stereocenters. The number of hydrogen-bond acceptors (Lipinski definition) is 8. The Hall–Kier alpha value is -3.48. The first kappa shape index (κ1) is 29.5. The third-order valence-corrected chi connectivity index (χ3v) is 8.87. The number of sulfone groups is 1. The van der Waals surface area contributed by atoms with Crippen LogP contribution in [0.4, 0.5) is 10.5 Å². The summed E-state index contributed by atoms with van der Waals surface area (Å²) in [5.74, 6) is -0.820. The van der Waals surface area contributed by atoms with Crippen molar-refractivity contribution in [2.24, 2.45) is 28.5 Å². The highest BCUT2D eigenvalue weighted by molar-refractivity contribution is 7.91. The molecular formula is C28H38N6O5S. The van der Waals surface area contributed by atoms with Gasteiger partial charge in [-0.3, -0.25) is 9.80 Å². The first-order chi connectivity index (χ1) is 19.0. The Kier molecular flexibility index (Phi) is 9.44. The number of rotatable bonds is 9. The lowest BCUT2D eigenvalue weighted by Crippen LogP contribution is -2.59. The van der Waals surface area contributed by atoms with Crippen molar-refractivity contribution < 1.29 is 22.8 Å². The van der Waals surface area contributed by atoms with Crippen molar-refractivity contribution in [3.63, 3.8) is 0 Å². The van der Waals surface area contributed by atoms with Crippen LogP contribution in [0.1, 0.15) is 30.9 Å². The molecule has 0 radical (unpaired) electrons. The summed E-state index contributed by atoms with van der Waals surface area (Å²) in [7, 11) is -3.54. The van der Waals surface area contributed by atoms with Gasteiger partial charge < -0.3 is 21.2 Å². The van der Waals surface area contributed by atoms with Gasteiger partial charge in [-0.15, -0.1) is 0 Å². The van der Waals surface area contributed by atoms with Crippen LogP contribution in [0.5, 0.6) is 0 Å². The molecule has 2 aromatic rings. The van der Waals surface area contributed by atoms with Gasteiger partial charge in [-0.25, -0.2) is 18.0 Å². The van der Waals surface area contributed by atoms with Crippen LogP contribution in [0.25, 0.3) is 0 Å². The molecule has 2 aromatic carbocycles. The molecule has 12 heteroatoms. The number of piperidine rings is 1. The average Bonchev–Trinajstić information content (AvgIpc) is 2.93. The van der Waals surface area contributed by atoms with E-state index in [-0.39, 0.29) is 25.0 Å². The number of likely N-dealkylation sites (tertiary alicyclic amines) is 1. The number of carbonyl (C=O) groups is 2. The summed E-state index contributed by atoms with van der Waals surface area (Å²) in [6.45, 7) is 4.91. The van der Waals surface area contributed by atoms with Gasteiger partial charge in [-0.1, -0.05) is 47.6 Å². The average molecular weight is 571 g/mol. The first-order valence-corrected chi connectivity index (χ1v) is 15.4. The lowest BCUT2D eigenvalue weighted by atomic mass is 9.94. The number of nitrogens with two attached hydrogens (primary N) is 2. The standard InChI is InChI=1S/C28H38N6O5S/c1-20(35)39-31-26(29)23-9-6-10-25(15-23)34-19-24(27(30)40(2,37)38)18-33(28(34)36)17-22-11-13-32(14-12-22)16-21-7-4-3-5-8-21/h3-10,15,22,24,27H,11-14,16-19,30H2,1-2H3,(H2,29,31). The van der Waals surface area contributed by atoms with Crippen LogP contribution in [-0.4, -0.2) is 80.4 Å². The van der Waals surface area contributed by atoms with Crippen molar-refractivity contribution in [2.45, 2.75) is 31.7 Å². The number of hydrogen-bond donors (Lipinski definition) is 2. The second-order valence-corrected chi connectivity index (χ2v) is 12.9. The molecule has 0 bridgehead atoms. The van der Waals surface area contributed by atoms with E-state index in [1.165, 1.54) is 12.5 Å². The Labute approximate surface area is 235 Å². The minimum absolute atomic E-state index is 0.0231. The third kappa shape index (κ3) is 7.58. The van der Waals surface area contributed by atoms with E-state index in [4.69, 9.17) is 11.5 Å². The van der Waals surface area contributed by atoms with E-state index in [0.717, 1.165) is 38.7 Å². The zero-order valence-corrected chi connectivity index (χ0v) is 23.8. The number of urea groups is 1. The Balaban J connectivity index is 1.49. The highest BCUT2D eigenvalue weighted by atomic mass is 32.2. The summed E-state index contributed by atoms with van der Waals surface area (Å²) >= 11 is 0. The minimum Gasteiger partial charge on any atom is -0.380 e. The first-order valence-electron chi connectivity index (χ1n) is 13.4. The molecule has 4 rings (SSSR count). The van der Waals surface area contributed by atoms with Gasteiger partial charge in [0.05, 0.1) is 0 Å². The highest BCUT2D eigenvalue weighted by Crippen LogP contribution is 2.28. The number of nitrogens with zero attached hydrogens (tertiary/aromatic N) is 4. The number of anilines is 1. The molecule has 2 aliphatic rings. The van der Waals surface area contributed by atoms with E-state index in [9.17, 15) is 18.0 Å². The normalized spacial score (nSPS) is 20.4. The van der Waals surface area contributed by atoms with Crippen LogP contribution < -0.4 is 16.4 Å². The quantitative estimate of drug-likeness (QED) is 0.201. The summed E-state index contributed by atoms with van der Waals surface area (Å²) in [6, 6.07) is 16.9. The molecule has 216 valence electrons. The summed E-state index contributed by atoms with van der Waals surface area (Å²) in [4.78, 5) is 35.2. The predicted molar refractivity (Wildman–Crippen MR) is 154 cm³/mol. The lowest BCUT2D eigenvalue weighted by molar-refractivity contribution is -0.140. The lowest BCUT2D eigenvalue weighted by Gasteiger charge is -2.43. The topological polar surface area (TPSA) is 152 Å². The van der Waals surface area contributed by atoms with Gasteiger partial charge in [0.1, 0.15) is 5.37 Å². The zero-order chi connectivity index (χ0) is 28.9. The van der Waals surface area contributed by atoms with Crippen LogP contribution in [0, 0.1) is 11.8 Å². The number of amides is 2. The van der Waals surface area contributed by atoms with E-state index >= 15 is 0 Å². The van der Waals surface area contributed by atoms with E-state index < -0.39 is 27.1 Å². The molecule has 0 saturated carbocycles. The predicted octanol–water partition coefficient (Wildman–Crippen LogP) is 1.97. The van der Waals surface area contributed by atoms with Crippen LogP contribution in [0.3, 0.4) is 0 Å². The Morgan fingerprint density at radius 3 is 2.45 bits per heavy atom. The third-order valence-electron chi connectivity index (χ3n) is 7.49. The molecular weight excluding hydrogens is 532 g/mol. The monoisotopic (exact) mass is 570 g/mol. The van der Waals surface area contributed by atoms with E-state index in [1.54, 1.807) is 34.1 Å². The van der Waals surface area contributed by atoms with Crippen LogP contribution >= 0.6 is 0 Å². The van der Waals surface area contributed by atoms with Gasteiger partial charge in [0.2, 0.25) is 0 Å². The number of benzene rings is 2. The molecule has 11 nitrogen and oxygen atoms in total. The molecule has 2 atom stereocenters. The van der Waals surface area contributed by atoms with Gasteiger partial charge in [0, 0.05) is 56.5 Å². The van der Waals surface area contributed by atoms with Crippen LogP contribution in [-0.2, 0) is 26.0 Å². The molecule has 0 spiro atoms. The van der Waals surface area contributed by atoms with Crippen molar-refractivity contribution in [2.75, 3.05) is 43.9 Å². The van der Waals surface area contributed by atoms with E-state index in [1.807, 2.05) is 18.2 Å². The molecule has 2 amide bonds. The maximum absolute atomic E-state index is 13.7. The summed E-state index contributed by atoms with van der Waals surface area (Å²) in [5, 5.41) is 2.51. The fourth-order valence-corrected chi connectivity index (χ4v) is 6.18. The highest BCUT2D eigenvalue weighted by Gasteiger charge is 2.39. The fraction of sp³-hybridized carbons (Fsp3) is 0.464. The molecule has 2 heterocycles. The van der Waals surface area contributed by atoms with Crippen molar-refractivity contribution in [1.82, 2.24) is 9.80 Å². The molecule has 2 saturated heterocycles. The largest absolute Gasteiger partial charge is 0.380 e. The van der Waals surface area contributed by atoms with Crippen molar-refractivity contribution in [1.29, 1.82) is 0 Å². The summed E-state index contributed by atoms with van der Waals surface area (Å²) < 4.78 is 24.8. The van der Waals surface area contributed by atoms with E-state index in [2.05, 4.69) is 27.0 Å². The molecule has 0 aliphatic carbocycles. The Bertz CT molecular complexity index is 1330. The Morgan fingerprint density at radius 1 is 1.10 bits per heavy atom. The molecule has 0 aromatic heterocycles. The summed E-state index contributed by atoms with van der Waals surface area (Å²) in [5.41, 5.74) is 14.4. The summed E-state index contributed by atoms with van der Waals surface area (Å²) in [6.07, 6.45) is 3.01. The number of oxime groups is 1. The number of amidine groups is 1. The van der Waals surface area contributed by atoms with Crippen molar-refractivity contribution in [3.8, 4) is 0 Å². The van der Waals surface area contributed by atoms with Gasteiger partial charge in [0.15, 0.2) is 15.7 Å². The van der Waals surface area contributed by atoms with Crippen LogP contribution in [0.2, 0.25) is 0 Å². The molecule has 2 aliphatic heterocycles. The zero-order valence-electron chi connectivity index (χ0n) is 23.0. The fourth-order valence-electron chi connectivity index (χ4n) is 5.31. The van der Waals surface area contributed by atoms with Crippen LogP contribution in [0.15, 0.2) is 59.8 Å². The van der Waals surface area contributed by atoms with Crippen molar-refractivity contribution in [3.05, 3.63) is 65.7 Å². The van der Waals surface area contributed by atoms with E-state index in [0.29, 0.717) is 23.7 Å². The van der Waals surface area contributed by atoms with Crippen molar-refractivity contribution >= 4 is 33.4 Å². The smallest absolute Gasteiger partial charge is 0.332 e. The Morgan fingerprint density at radius 2 is 1.80 bits per heavy atom.